The summed E-state index contributed by atoms with van der Waals surface area (Å²) in [6.07, 6.45) is 10.3. The highest BCUT2D eigenvalue weighted by atomic mass is 35.5. The van der Waals surface area contributed by atoms with Crippen molar-refractivity contribution in [1.29, 1.82) is 0 Å². The number of aliphatic hydroxyl groups is 1. The Bertz CT molecular complexity index is 375. The Kier molecular flexibility index (Phi) is 4.38. The van der Waals surface area contributed by atoms with E-state index >= 15 is 0 Å². The zero-order valence-electron chi connectivity index (χ0n) is 9.16. The van der Waals surface area contributed by atoms with Gasteiger partial charge in [-0.25, -0.2) is 4.98 Å². The van der Waals surface area contributed by atoms with Crippen LogP contribution in [0.4, 0.5) is 0 Å². The fraction of sp³-hybridized carbons (Fsp3) is 0.583. The highest BCUT2D eigenvalue weighted by molar-refractivity contribution is 7.15. The van der Waals surface area contributed by atoms with Crippen LogP contribution in [0.1, 0.15) is 49.6 Å². The molecule has 88 valence electrons. The maximum absolute atomic E-state index is 10.2. The molecule has 1 atom stereocenters. The molecule has 1 N–H and O–H groups in total. The van der Waals surface area contributed by atoms with Gasteiger partial charge in [-0.2, -0.15) is 0 Å². The van der Waals surface area contributed by atoms with E-state index in [4.69, 9.17) is 11.6 Å². The van der Waals surface area contributed by atoms with Crippen LogP contribution in [0, 0.1) is 0 Å². The van der Waals surface area contributed by atoms with Crippen LogP contribution in [0.2, 0.25) is 4.34 Å². The van der Waals surface area contributed by atoms with E-state index in [2.05, 4.69) is 11.1 Å². The Morgan fingerprint density at radius 1 is 1.31 bits per heavy atom. The van der Waals surface area contributed by atoms with Gasteiger partial charge in [0.1, 0.15) is 15.4 Å². The van der Waals surface area contributed by atoms with E-state index in [9.17, 15) is 5.11 Å². The molecule has 0 aliphatic heterocycles. The first kappa shape index (κ1) is 12.1. The van der Waals surface area contributed by atoms with Crippen LogP contribution in [-0.4, -0.2) is 10.1 Å². The van der Waals surface area contributed by atoms with Crippen LogP contribution in [0.15, 0.2) is 17.8 Å². The Morgan fingerprint density at radius 2 is 2.12 bits per heavy atom. The molecule has 0 saturated carbocycles. The minimum absolute atomic E-state index is 0.546. The Balaban J connectivity index is 2.09. The number of aliphatic hydroxyl groups excluding tert-OH is 1. The Hall–Kier alpha value is -0.380. The highest BCUT2D eigenvalue weighted by Gasteiger charge is 2.17. The zero-order valence-corrected chi connectivity index (χ0v) is 10.7. The first-order valence-electron chi connectivity index (χ1n) is 5.75. The third-order valence-electron chi connectivity index (χ3n) is 2.91. The van der Waals surface area contributed by atoms with Crippen molar-refractivity contribution < 1.29 is 5.11 Å². The summed E-state index contributed by atoms with van der Waals surface area (Å²) in [6.45, 7) is 0. The largest absolute Gasteiger partial charge is 0.381 e. The van der Waals surface area contributed by atoms with E-state index in [1.807, 2.05) is 0 Å². The fourth-order valence-corrected chi connectivity index (χ4v) is 2.98. The van der Waals surface area contributed by atoms with Gasteiger partial charge in [0, 0.05) is 0 Å². The molecular formula is C12H16ClNOS. The molecule has 2 nitrogen and oxygen atoms in total. The van der Waals surface area contributed by atoms with Crippen molar-refractivity contribution in [3.63, 3.8) is 0 Å². The molecule has 0 spiro atoms. The molecule has 0 fully saturated rings. The van der Waals surface area contributed by atoms with Crippen molar-refractivity contribution >= 4 is 22.9 Å². The molecule has 16 heavy (non-hydrogen) atoms. The molecule has 1 aliphatic rings. The summed E-state index contributed by atoms with van der Waals surface area (Å²) in [4.78, 5) is 4.14. The van der Waals surface area contributed by atoms with E-state index in [0.717, 1.165) is 23.4 Å². The molecule has 0 radical (unpaired) electrons. The number of allylic oxidation sites excluding steroid dienone is 1. The van der Waals surface area contributed by atoms with Crippen molar-refractivity contribution in [1.82, 2.24) is 4.98 Å². The molecule has 1 heterocycles. The smallest absolute Gasteiger partial charge is 0.127 e. The predicted molar refractivity (Wildman–Crippen MR) is 67.9 cm³/mol. The van der Waals surface area contributed by atoms with Gasteiger partial charge in [0.25, 0.3) is 0 Å². The molecule has 1 aliphatic carbocycles. The quantitative estimate of drug-likeness (QED) is 0.809. The number of hydrogen-bond donors (Lipinski definition) is 1. The number of hydrogen-bond acceptors (Lipinski definition) is 3. The van der Waals surface area contributed by atoms with Crippen molar-refractivity contribution in [3.05, 3.63) is 27.2 Å². The average Bonchev–Trinajstić information content (AvgIpc) is 2.63. The first-order valence-corrected chi connectivity index (χ1v) is 6.95. The Labute approximate surface area is 105 Å². The second kappa shape index (κ2) is 5.80. The normalized spacial score (nSPS) is 23.0. The lowest BCUT2D eigenvalue weighted by atomic mass is 9.96. The molecule has 4 heteroatoms. The van der Waals surface area contributed by atoms with Crippen molar-refractivity contribution in [2.45, 2.75) is 44.6 Å². The van der Waals surface area contributed by atoms with Gasteiger partial charge in [0.15, 0.2) is 0 Å². The number of thiazole rings is 1. The Morgan fingerprint density at radius 3 is 2.88 bits per heavy atom. The van der Waals surface area contributed by atoms with Crippen LogP contribution in [0.3, 0.4) is 0 Å². The molecule has 1 unspecified atom stereocenters. The van der Waals surface area contributed by atoms with E-state index < -0.39 is 6.10 Å². The summed E-state index contributed by atoms with van der Waals surface area (Å²) in [7, 11) is 0. The summed E-state index contributed by atoms with van der Waals surface area (Å²) in [5.74, 6) is 0. The van der Waals surface area contributed by atoms with Crippen molar-refractivity contribution in [3.8, 4) is 0 Å². The number of rotatable bonds is 2. The summed E-state index contributed by atoms with van der Waals surface area (Å²) < 4.78 is 0.639. The summed E-state index contributed by atoms with van der Waals surface area (Å²) >= 11 is 7.19. The van der Waals surface area contributed by atoms with E-state index in [1.54, 1.807) is 6.20 Å². The topological polar surface area (TPSA) is 33.1 Å². The van der Waals surface area contributed by atoms with Crippen LogP contribution >= 0.6 is 22.9 Å². The van der Waals surface area contributed by atoms with Gasteiger partial charge >= 0.3 is 0 Å². The van der Waals surface area contributed by atoms with Crippen LogP contribution in [-0.2, 0) is 0 Å². The average molecular weight is 258 g/mol. The predicted octanol–water partition coefficient (Wildman–Crippen LogP) is 4.11. The van der Waals surface area contributed by atoms with Crippen LogP contribution < -0.4 is 0 Å². The van der Waals surface area contributed by atoms with Crippen molar-refractivity contribution in [2.75, 3.05) is 0 Å². The lowest BCUT2D eigenvalue weighted by Crippen LogP contribution is -2.03. The maximum atomic E-state index is 10.2. The van der Waals surface area contributed by atoms with Gasteiger partial charge in [-0.05, 0) is 31.3 Å². The summed E-state index contributed by atoms with van der Waals surface area (Å²) in [6, 6.07) is 0. The third kappa shape index (κ3) is 3.06. The lowest BCUT2D eigenvalue weighted by molar-refractivity contribution is 0.208. The SMILES string of the molecule is OC(/C1=C/CCCCCC1)c1ncc(Cl)s1. The molecule has 1 aromatic rings. The molecule has 0 amide bonds. The summed E-state index contributed by atoms with van der Waals surface area (Å²) in [5.41, 5.74) is 1.12. The standard InChI is InChI=1S/C12H16ClNOS/c13-10-8-14-12(16-10)11(15)9-6-4-2-1-3-5-7-9/h6,8,11,15H,1-5,7H2/b9-6+. The second-order valence-corrected chi connectivity index (χ2v) is 5.83. The van der Waals surface area contributed by atoms with E-state index in [-0.39, 0.29) is 0 Å². The number of nitrogens with zero attached hydrogens (tertiary/aromatic N) is 1. The van der Waals surface area contributed by atoms with Gasteiger partial charge in [0.2, 0.25) is 0 Å². The van der Waals surface area contributed by atoms with Gasteiger partial charge in [-0.3, -0.25) is 0 Å². The van der Waals surface area contributed by atoms with Crippen LogP contribution in [0.5, 0.6) is 0 Å². The molecular weight excluding hydrogens is 242 g/mol. The minimum Gasteiger partial charge on any atom is -0.381 e. The molecule has 2 rings (SSSR count). The second-order valence-electron chi connectivity index (χ2n) is 4.14. The zero-order chi connectivity index (χ0) is 11.4. The van der Waals surface area contributed by atoms with Crippen molar-refractivity contribution in [2.24, 2.45) is 0 Å². The highest BCUT2D eigenvalue weighted by Crippen LogP contribution is 2.32. The minimum atomic E-state index is -0.546. The monoisotopic (exact) mass is 257 g/mol. The van der Waals surface area contributed by atoms with Gasteiger partial charge < -0.3 is 5.11 Å². The van der Waals surface area contributed by atoms with Gasteiger partial charge in [-0.15, -0.1) is 11.3 Å². The molecule has 0 aromatic carbocycles. The number of aromatic nitrogens is 1. The third-order valence-corrected chi connectivity index (χ3v) is 4.07. The van der Waals surface area contributed by atoms with E-state index in [0.29, 0.717) is 4.34 Å². The molecule has 0 bridgehead atoms. The summed E-state index contributed by atoms with van der Waals surface area (Å²) in [5, 5.41) is 10.9. The van der Waals surface area contributed by atoms with Gasteiger partial charge in [-0.1, -0.05) is 30.5 Å². The lowest BCUT2D eigenvalue weighted by Gasteiger charge is -2.15. The van der Waals surface area contributed by atoms with E-state index in [1.165, 1.54) is 37.0 Å². The van der Waals surface area contributed by atoms with Crippen LogP contribution in [0.25, 0.3) is 0 Å². The molecule has 1 aromatic heterocycles. The van der Waals surface area contributed by atoms with Gasteiger partial charge in [0.05, 0.1) is 6.20 Å². The maximum Gasteiger partial charge on any atom is 0.127 e. The fourth-order valence-electron chi connectivity index (χ4n) is 2.02. The number of halogens is 1. The first-order chi connectivity index (χ1) is 7.77. The molecule has 0 saturated heterocycles.